The smallest absolute Gasteiger partial charge is 0.0884 e. The molecule has 0 unspecified atom stereocenters. The van der Waals surface area contributed by atoms with Gasteiger partial charge in [0.05, 0.1) is 25.4 Å². The molecule has 0 heterocycles. The van der Waals surface area contributed by atoms with E-state index in [4.69, 9.17) is 0 Å². The van der Waals surface area contributed by atoms with Crippen LogP contribution in [0.5, 0.6) is 0 Å². The summed E-state index contributed by atoms with van der Waals surface area (Å²) in [5, 5.41) is 30.7. The molecule has 0 spiro atoms. The maximum absolute atomic E-state index is 9.21. The second kappa shape index (κ2) is 6.12. The van der Waals surface area contributed by atoms with E-state index in [2.05, 4.69) is 5.32 Å². The van der Waals surface area contributed by atoms with E-state index in [0.717, 1.165) is 16.7 Å². The van der Waals surface area contributed by atoms with Crippen LogP contribution in [0.3, 0.4) is 0 Å². The number of aliphatic hydroxyl groups is 3. The first-order chi connectivity index (χ1) is 8.08. The van der Waals surface area contributed by atoms with Crippen LogP contribution in [-0.2, 0) is 6.54 Å². The first-order valence-corrected chi connectivity index (χ1v) is 5.71. The van der Waals surface area contributed by atoms with Crippen LogP contribution in [0.4, 0.5) is 0 Å². The van der Waals surface area contributed by atoms with E-state index >= 15 is 0 Å². The van der Waals surface area contributed by atoms with Crippen LogP contribution in [0.2, 0.25) is 0 Å². The molecule has 0 fully saturated rings. The zero-order valence-electron chi connectivity index (χ0n) is 10.4. The number of benzene rings is 1. The van der Waals surface area contributed by atoms with Crippen molar-refractivity contribution in [2.45, 2.75) is 25.9 Å². The molecule has 4 nitrogen and oxygen atoms in total. The molecule has 1 rings (SSSR count). The third kappa shape index (κ3) is 3.26. The van der Waals surface area contributed by atoms with Crippen molar-refractivity contribution in [3.8, 4) is 0 Å². The van der Waals surface area contributed by atoms with Crippen molar-refractivity contribution >= 4 is 0 Å². The summed E-state index contributed by atoms with van der Waals surface area (Å²) in [4.78, 5) is 0. The van der Waals surface area contributed by atoms with E-state index in [9.17, 15) is 15.3 Å². The Morgan fingerprint density at radius 3 is 1.88 bits per heavy atom. The molecule has 4 heteroatoms. The molecular formula is C13H21NO3. The highest BCUT2D eigenvalue weighted by molar-refractivity contribution is 5.33. The van der Waals surface area contributed by atoms with Gasteiger partial charge in [-0.05, 0) is 30.5 Å². The van der Waals surface area contributed by atoms with Gasteiger partial charge in [-0.3, -0.25) is 0 Å². The van der Waals surface area contributed by atoms with Gasteiger partial charge in [-0.15, -0.1) is 0 Å². The predicted molar refractivity (Wildman–Crippen MR) is 66.7 cm³/mol. The van der Waals surface area contributed by atoms with Gasteiger partial charge in [-0.25, -0.2) is 0 Å². The van der Waals surface area contributed by atoms with Crippen LogP contribution in [0.15, 0.2) is 18.2 Å². The zero-order valence-corrected chi connectivity index (χ0v) is 10.4. The lowest BCUT2D eigenvalue weighted by Crippen LogP contribution is -2.54. The molecule has 0 aromatic heterocycles. The lowest BCUT2D eigenvalue weighted by Gasteiger charge is -2.29. The molecule has 0 radical (unpaired) electrons. The average molecular weight is 239 g/mol. The third-order valence-electron chi connectivity index (χ3n) is 3.19. The molecule has 0 saturated carbocycles. The van der Waals surface area contributed by atoms with Crippen LogP contribution in [0.25, 0.3) is 0 Å². The fourth-order valence-electron chi connectivity index (χ4n) is 1.72. The van der Waals surface area contributed by atoms with Crippen molar-refractivity contribution in [1.82, 2.24) is 5.32 Å². The Bertz CT molecular complexity index is 333. The molecule has 0 amide bonds. The Labute approximate surface area is 102 Å². The summed E-state index contributed by atoms with van der Waals surface area (Å²) in [6.07, 6.45) is 0. The van der Waals surface area contributed by atoms with E-state index < -0.39 is 5.54 Å². The maximum atomic E-state index is 9.21. The Balaban J connectivity index is 2.79. The van der Waals surface area contributed by atoms with Gasteiger partial charge < -0.3 is 20.6 Å². The van der Waals surface area contributed by atoms with Crippen molar-refractivity contribution in [1.29, 1.82) is 0 Å². The zero-order chi connectivity index (χ0) is 12.9. The third-order valence-corrected chi connectivity index (χ3v) is 3.19. The van der Waals surface area contributed by atoms with Crippen LogP contribution in [-0.4, -0.2) is 40.7 Å². The Morgan fingerprint density at radius 2 is 1.47 bits per heavy atom. The molecule has 0 saturated heterocycles. The van der Waals surface area contributed by atoms with Gasteiger partial charge in [0, 0.05) is 6.54 Å². The summed E-state index contributed by atoms with van der Waals surface area (Å²) in [5.74, 6) is 0. The molecule has 0 aliphatic heterocycles. The summed E-state index contributed by atoms with van der Waals surface area (Å²) in [6.45, 7) is 3.64. The van der Waals surface area contributed by atoms with Crippen molar-refractivity contribution < 1.29 is 15.3 Å². The largest absolute Gasteiger partial charge is 0.394 e. The lowest BCUT2D eigenvalue weighted by atomic mass is 9.99. The lowest BCUT2D eigenvalue weighted by molar-refractivity contribution is 0.0413. The summed E-state index contributed by atoms with van der Waals surface area (Å²) < 4.78 is 0. The molecule has 0 atom stereocenters. The monoisotopic (exact) mass is 239 g/mol. The molecule has 1 aromatic rings. The minimum absolute atomic E-state index is 0.301. The van der Waals surface area contributed by atoms with Crippen molar-refractivity contribution in [3.05, 3.63) is 34.9 Å². The molecule has 0 aliphatic carbocycles. The molecule has 0 bridgehead atoms. The van der Waals surface area contributed by atoms with E-state index in [1.54, 1.807) is 0 Å². The van der Waals surface area contributed by atoms with Gasteiger partial charge in [0.1, 0.15) is 0 Å². The van der Waals surface area contributed by atoms with Gasteiger partial charge in [-0.1, -0.05) is 18.2 Å². The Hall–Kier alpha value is -0.940. The quantitative estimate of drug-likeness (QED) is 0.568. The number of nitrogens with one attached hydrogen (secondary N) is 1. The molecule has 4 N–H and O–H groups in total. The fraction of sp³-hybridized carbons (Fsp3) is 0.538. The topological polar surface area (TPSA) is 72.7 Å². The molecule has 17 heavy (non-hydrogen) atoms. The molecular weight excluding hydrogens is 218 g/mol. The first kappa shape index (κ1) is 14.1. The van der Waals surface area contributed by atoms with E-state index in [-0.39, 0.29) is 19.8 Å². The van der Waals surface area contributed by atoms with Crippen molar-refractivity contribution in [2.75, 3.05) is 19.8 Å². The van der Waals surface area contributed by atoms with Crippen LogP contribution in [0, 0.1) is 13.8 Å². The number of hydrogen-bond acceptors (Lipinski definition) is 4. The molecule has 96 valence electrons. The summed E-state index contributed by atoms with van der Waals surface area (Å²) in [7, 11) is 0. The van der Waals surface area contributed by atoms with Crippen LogP contribution >= 0.6 is 0 Å². The van der Waals surface area contributed by atoms with Gasteiger partial charge in [0.15, 0.2) is 0 Å². The van der Waals surface area contributed by atoms with Gasteiger partial charge in [0.2, 0.25) is 0 Å². The van der Waals surface area contributed by atoms with Gasteiger partial charge >= 0.3 is 0 Å². The number of aliphatic hydroxyl groups excluding tert-OH is 3. The van der Waals surface area contributed by atoms with Gasteiger partial charge in [-0.2, -0.15) is 0 Å². The molecule has 1 aromatic carbocycles. The first-order valence-electron chi connectivity index (χ1n) is 5.71. The Morgan fingerprint density at radius 1 is 1.00 bits per heavy atom. The molecule has 0 aliphatic rings. The number of hydrogen-bond donors (Lipinski definition) is 4. The van der Waals surface area contributed by atoms with Gasteiger partial charge in [0.25, 0.3) is 0 Å². The Kier molecular flexibility index (Phi) is 5.08. The summed E-state index contributed by atoms with van der Waals surface area (Å²) in [5.41, 5.74) is 2.42. The fourth-order valence-corrected chi connectivity index (χ4v) is 1.72. The summed E-state index contributed by atoms with van der Waals surface area (Å²) in [6, 6.07) is 6.02. The second-order valence-electron chi connectivity index (χ2n) is 4.48. The maximum Gasteiger partial charge on any atom is 0.0884 e. The number of rotatable bonds is 6. The normalized spacial score (nSPS) is 11.8. The highest BCUT2D eigenvalue weighted by Crippen LogP contribution is 2.14. The van der Waals surface area contributed by atoms with E-state index in [0.29, 0.717) is 6.54 Å². The van der Waals surface area contributed by atoms with Crippen LogP contribution < -0.4 is 5.32 Å². The highest BCUT2D eigenvalue weighted by Gasteiger charge is 2.27. The predicted octanol–water partition coefficient (Wildman–Crippen LogP) is 0.109. The standard InChI is InChI=1S/C13H21NO3/c1-10-4-3-5-11(2)12(10)6-14-13(7-15,8-16)9-17/h3-5,14-17H,6-9H2,1-2H3. The minimum atomic E-state index is -1.02. The van der Waals surface area contributed by atoms with Crippen molar-refractivity contribution in [2.24, 2.45) is 0 Å². The number of aryl methyl sites for hydroxylation is 2. The summed E-state index contributed by atoms with van der Waals surface area (Å²) >= 11 is 0. The van der Waals surface area contributed by atoms with E-state index in [1.807, 2.05) is 32.0 Å². The second-order valence-corrected chi connectivity index (χ2v) is 4.48. The SMILES string of the molecule is Cc1cccc(C)c1CNC(CO)(CO)CO. The van der Waals surface area contributed by atoms with Crippen molar-refractivity contribution in [3.63, 3.8) is 0 Å². The van der Waals surface area contributed by atoms with Crippen LogP contribution in [0.1, 0.15) is 16.7 Å². The average Bonchev–Trinajstić information content (AvgIpc) is 2.34. The highest BCUT2D eigenvalue weighted by atomic mass is 16.3. The minimum Gasteiger partial charge on any atom is -0.394 e. The van der Waals surface area contributed by atoms with E-state index in [1.165, 1.54) is 0 Å².